The average Bonchev–Trinajstić information content (AvgIpc) is 1.61. The molecule has 0 heterocycles. The van der Waals surface area contributed by atoms with Gasteiger partial charge in [0.15, 0.2) is 0 Å². The van der Waals surface area contributed by atoms with Crippen LogP contribution in [0.2, 0.25) is 0 Å². The Kier molecular flexibility index (Phi) is 4.76. The van der Waals surface area contributed by atoms with Gasteiger partial charge in [0.25, 0.3) is 0 Å². The lowest BCUT2D eigenvalue weighted by atomic mass is 10.5. The van der Waals surface area contributed by atoms with E-state index in [4.69, 9.17) is 5.73 Å². The molecule has 0 rings (SSSR count). The monoisotopic (exact) mass is 101 g/mol. The standard InChI is InChI=1S/C4H7NS/c5-3-1-2-4-6/h6H,1,3,5H2. The van der Waals surface area contributed by atoms with Gasteiger partial charge in [0.05, 0.1) is 0 Å². The number of nitrogens with two attached hydrogens (primary N) is 1. The van der Waals surface area contributed by atoms with Crippen molar-refractivity contribution in [3.63, 3.8) is 0 Å². The van der Waals surface area contributed by atoms with Crippen molar-refractivity contribution in [3.05, 3.63) is 0 Å². The van der Waals surface area contributed by atoms with Crippen molar-refractivity contribution in [2.45, 2.75) is 6.42 Å². The molecule has 0 fully saturated rings. The highest BCUT2D eigenvalue weighted by molar-refractivity contribution is 7.85. The van der Waals surface area contributed by atoms with Crippen molar-refractivity contribution in [3.8, 4) is 11.2 Å². The van der Waals surface area contributed by atoms with Crippen LogP contribution in [0.3, 0.4) is 0 Å². The normalized spacial score (nSPS) is 6.33. The van der Waals surface area contributed by atoms with E-state index in [2.05, 4.69) is 23.8 Å². The first-order valence-corrected chi connectivity index (χ1v) is 2.18. The summed E-state index contributed by atoms with van der Waals surface area (Å²) in [6.45, 7) is 0.632. The maximum absolute atomic E-state index is 5.08. The predicted octanol–water partition coefficient (Wildman–Crippen LogP) is 0.226. The number of hydrogen-bond donors (Lipinski definition) is 2. The molecule has 0 bridgehead atoms. The summed E-state index contributed by atoms with van der Waals surface area (Å²) in [6, 6.07) is 0. The van der Waals surface area contributed by atoms with Gasteiger partial charge in [-0.3, -0.25) is 0 Å². The molecule has 0 aliphatic rings. The van der Waals surface area contributed by atoms with Crippen LogP contribution in [-0.4, -0.2) is 6.54 Å². The summed E-state index contributed by atoms with van der Waals surface area (Å²) in [5, 5.41) is 2.43. The molecule has 34 valence electrons. The van der Waals surface area contributed by atoms with E-state index >= 15 is 0 Å². The first kappa shape index (κ1) is 5.87. The molecule has 2 heteroatoms. The molecule has 0 unspecified atom stereocenters. The van der Waals surface area contributed by atoms with E-state index in [-0.39, 0.29) is 0 Å². The topological polar surface area (TPSA) is 26.0 Å². The third-order valence-corrected chi connectivity index (χ3v) is 0.507. The Morgan fingerprint density at radius 1 is 1.67 bits per heavy atom. The Morgan fingerprint density at radius 2 is 2.33 bits per heavy atom. The molecule has 0 aromatic heterocycles. The van der Waals surface area contributed by atoms with Crippen molar-refractivity contribution < 1.29 is 0 Å². The first-order chi connectivity index (χ1) is 2.91. The largest absolute Gasteiger partial charge is 0.330 e. The average molecular weight is 101 g/mol. The van der Waals surface area contributed by atoms with Crippen LogP contribution in [0, 0.1) is 11.2 Å². The fourth-order valence-corrected chi connectivity index (χ4v) is 0.240. The van der Waals surface area contributed by atoms with E-state index in [0.29, 0.717) is 6.54 Å². The molecule has 0 saturated carbocycles. The minimum absolute atomic E-state index is 0.632. The van der Waals surface area contributed by atoms with Gasteiger partial charge in [0.1, 0.15) is 0 Å². The van der Waals surface area contributed by atoms with Gasteiger partial charge in [0.2, 0.25) is 0 Å². The van der Waals surface area contributed by atoms with Crippen LogP contribution < -0.4 is 5.73 Å². The lowest BCUT2D eigenvalue weighted by molar-refractivity contribution is 1.03. The third-order valence-electron chi connectivity index (χ3n) is 0.348. The van der Waals surface area contributed by atoms with E-state index in [1.165, 1.54) is 0 Å². The Balaban J connectivity index is 2.79. The van der Waals surface area contributed by atoms with Crippen molar-refractivity contribution in [1.82, 2.24) is 0 Å². The summed E-state index contributed by atoms with van der Waals surface area (Å²) < 4.78 is 0. The van der Waals surface area contributed by atoms with Crippen LogP contribution >= 0.6 is 12.6 Å². The number of hydrogen-bond acceptors (Lipinski definition) is 2. The van der Waals surface area contributed by atoms with Crippen molar-refractivity contribution in [2.24, 2.45) is 5.73 Å². The summed E-state index contributed by atoms with van der Waals surface area (Å²) in [4.78, 5) is 0. The van der Waals surface area contributed by atoms with Crippen molar-refractivity contribution >= 4 is 12.6 Å². The van der Waals surface area contributed by atoms with E-state index in [1.54, 1.807) is 0 Å². The molecule has 0 atom stereocenters. The van der Waals surface area contributed by atoms with Gasteiger partial charge in [0, 0.05) is 13.0 Å². The molecule has 1 nitrogen and oxygen atoms in total. The second-order valence-corrected chi connectivity index (χ2v) is 1.05. The minimum atomic E-state index is 0.632. The lowest BCUT2D eigenvalue weighted by Gasteiger charge is -1.72. The Morgan fingerprint density at radius 3 is 2.50 bits per heavy atom. The molecular weight excluding hydrogens is 94.1 g/mol. The maximum atomic E-state index is 5.08. The highest BCUT2D eigenvalue weighted by Gasteiger charge is 1.63. The number of rotatable bonds is 1. The van der Waals surface area contributed by atoms with Crippen LogP contribution in [0.1, 0.15) is 6.42 Å². The zero-order valence-electron chi connectivity index (χ0n) is 3.44. The summed E-state index contributed by atoms with van der Waals surface area (Å²) >= 11 is 3.64. The fraction of sp³-hybridized carbons (Fsp3) is 0.500. The second-order valence-electron chi connectivity index (χ2n) is 0.827. The molecule has 0 spiro atoms. The molecule has 0 aromatic carbocycles. The van der Waals surface area contributed by atoms with E-state index in [0.717, 1.165) is 6.42 Å². The van der Waals surface area contributed by atoms with E-state index in [1.807, 2.05) is 0 Å². The highest BCUT2D eigenvalue weighted by Crippen LogP contribution is 1.67. The molecular formula is C4H7NS. The van der Waals surface area contributed by atoms with Crippen molar-refractivity contribution in [1.29, 1.82) is 0 Å². The van der Waals surface area contributed by atoms with Crippen LogP contribution in [-0.2, 0) is 0 Å². The van der Waals surface area contributed by atoms with E-state index in [9.17, 15) is 0 Å². The lowest BCUT2D eigenvalue weighted by Crippen LogP contribution is -1.94. The molecule has 0 aliphatic carbocycles. The third kappa shape index (κ3) is 3.87. The van der Waals surface area contributed by atoms with Crippen LogP contribution in [0.25, 0.3) is 0 Å². The fourth-order valence-electron chi connectivity index (χ4n) is 0.128. The highest BCUT2D eigenvalue weighted by atomic mass is 32.1. The van der Waals surface area contributed by atoms with Gasteiger partial charge in [-0.25, -0.2) is 0 Å². The summed E-state index contributed by atoms with van der Waals surface area (Å²) in [5.74, 6) is 2.69. The number of thiol groups is 1. The quantitative estimate of drug-likeness (QED) is 0.359. The maximum Gasteiger partial charge on any atom is 0.0221 e. The van der Waals surface area contributed by atoms with E-state index < -0.39 is 0 Å². The first-order valence-electron chi connectivity index (χ1n) is 1.74. The zero-order valence-corrected chi connectivity index (χ0v) is 4.33. The van der Waals surface area contributed by atoms with Gasteiger partial charge in [-0.15, -0.1) is 0 Å². The van der Waals surface area contributed by atoms with Crippen LogP contribution in [0.15, 0.2) is 0 Å². The molecule has 0 amide bonds. The molecule has 0 aromatic rings. The van der Waals surface area contributed by atoms with Gasteiger partial charge < -0.3 is 5.73 Å². The minimum Gasteiger partial charge on any atom is -0.330 e. The van der Waals surface area contributed by atoms with Crippen molar-refractivity contribution in [2.75, 3.05) is 6.54 Å². The summed E-state index contributed by atoms with van der Waals surface area (Å²) in [7, 11) is 0. The second kappa shape index (κ2) is 4.87. The van der Waals surface area contributed by atoms with Gasteiger partial charge in [-0.05, 0) is 5.25 Å². The zero-order chi connectivity index (χ0) is 4.83. The molecule has 6 heavy (non-hydrogen) atoms. The van der Waals surface area contributed by atoms with Crippen LogP contribution in [0.4, 0.5) is 0 Å². The van der Waals surface area contributed by atoms with Gasteiger partial charge in [-0.1, -0.05) is 18.5 Å². The predicted molar refractivity (Wildman–Crippen MR) is 30.4 cm³/mol. The molecule has 2 N–H and O–H groups in total. The van der Waals surface area contributed by atoms with Crippen LogP contribution in [0.5, 0.6) is 0 Å². The Labute approximate surface area is 43.3 Å². The molecule has 0 saturated heterocycles. The Hall–Kier alpha value is -0.130. The molecule has 0 aliphatic heterocycles. The summed E-state index contributed by atoms with van der Waals surface area (Å²) in [6.07, 6.45) is 0.753. The van der Waals surface area contributed by atoms with Gasteiger partial charge >= 0.3 is 0 Å². The SMILES string of the molecule is NCCC#CS. The Bertz CT molecular complexity index is 69.4. The molecule has 0 radical (unpaired) electrons. The van der Waals surface area contributed by atoms with Gasteiger partial charge in [-0.2, -0.15) is 0 Å². The smallest absolute Gasteiger partial charge is 0.0221 e. The summed E-state index contributed by atoms with van der Waals surface area (Å²) in [5.41, 5.74) is 5.08.